The molecule has 25 heavy (non-hydrogen) atoms. The number of nitrogens with zero attached hydrogens (tertiary/aromatic N) is 1. The maximum Gasteiger partial charge on any atom is 0.387 e. The summed E-state index contributed by atoms with van der Waals surface area (Å²) < 4.78 is 33.4. The lowest BCUT2D eigenvalue weighted by atomic mass is 10.2. The molecule has 0 atom stereocenters. The van der Waals surface area contributed by atoms with Gasteiger partial charge in [-0.1, -0.05) is 18.2 Å². The highest BCUT2D eigenvalue weighted by Crippen LogP contribution is 2.27. The van der Waals surface area contributed by atoms with E-state index in [1.807, 2.05) is 24.3 Å². The van der Waals surface area contributed by atoms with Gasteiger partial charge in [0.1, 0.15) is 5.75 Å². The average molecular weight is 347 g/mol. The molecule has 1 aliphatic heterocycles. The molecule has 1 aliphatic rings. The van der Waals surface area contributed by atoms with Gasteiger partial charge in [0, 0.05) is 12.2 Å². The van der Waals surface area contributed by atoms with E-state index in [-0.39, 0.29) is 23.8 Å². The Morgan fingerprint density at radius 1 is 1.08 bits per heavy atom. The van der Waals surface area contributed by atoms with E-state index >= 15 is 0 Å². The van der Waals surface area contributed by atoms with Crippen LogP contribution in [-0.2, 0) is 16.0 Å². The molecule has 0 saturated carbocycles. The van der Waals surface area contributed by atoms with Gasteiger partial charge in [-0.05, 0) is 42.3 Å². The second-order valence-electron chi connectivity index (χ2n) is 5.40. The Balaban J connectivity index is 1.56. The third kappa shape index (κ3) is 3.93. The summed E-state index contributed by atoms with van der Waals surface area (Å²) in [4.78, 5) is 25.8. The maximum atomic E-state index is 12.3. The summed E-state index contributed by atoms with van der Waals surface area (Å²) >= 11 is 0. The molecule has 3 rings (SSSR count). The van der Waals surface area contributed by atoms with Crippen molar-refractivity contribution in [3.05, 3.63) is 59.7 Å². The first kappa shape index (κ1) is 16.9. The number of alkyl halides is 2. The lowest BCUT2D eigenvalue weighted by molar-refractivity contribution is -0.121. The summed E-state index contributed by atoms with van der Waals surface area (Å²) in [5.41, 5.74) is 2.06. The monoisotopic (exact) mass is 347 g/mol. The molecule has 2 aromatic rings. The Hall–Kier alpha value is -2.96. The van der Waals surface area contributed by atoms with Gasteiger partial charge in [0.15, 0.2) is 6.61 Å². The minimum absolute atomic E-state index is 0.0590. The highest BCUT2D eigenvalue weighted by Gasteiger charge is 2.25. The average Bonchev–Trinajstić information content (AvgIpc) is 3.03. The van der Waals surface area contributed by atoms with E-state index in [2.05, 4.69) is 4.74 Å². The van der Waals surface area contributed by atoms with Crippen LogP contribution in [-0.4, -0.2) is 31.6 Å². The first-order valence-electron chi connectivity index (χ1n) is 7.65. The van der Waals surface area contributed by atoms with Gasteiger partial charge in [0.05, 0.1) is 5.56 Å². The van der Waals surface area contributed by atoms with Crippen molar-refractivity contribution in [1.29, 1.82) is 0 Å². The van der Waals surface area contributed by atoms with Crippen LogP contribution in [0.15, 0.2) is 48.5 Å². The van der Waals surface area contributed by atoms with E-state index in [9.17, 15) is 18.4 Å². The molecule has 2 aromatic carbocycles. The zero-order chi connectivity index (χ0) is 17.8. The van der Waals surface area contributed by atoms with Gasteiger partial charge in [-0.25, -0.2) is 4.79 Å². The van der Waals surface area contributed by atoms with E-state index in [4.69, 9.17) is 4.74 Å². The number of fused-ring (bicyclic) bond motifs is 1. The molecule has 0 unspecified atom stereocenters. The van der Waals surface area contributed by atoms with Crippen molar-refractivity contribution in [1.82, 2.24) is 0 Å². The molecule has 0 aliphatic carbocycles. The number of anilines is 1. The number of para-hydroxylation sites is 1. The molecule has 1 heterocycles. The Morgan fingerprint density at radius 3 is 2.52 bits per heavy atom. The fourth-order valence-electron chi connectivity index (χ4n) is 2.66. The molecule has 0 bridgehead atoms. The van der Waals surface area contributed by atoms with Gasteiger partial charge in [-0.3, -0.25) is 4.79 Å². The summed E-state index contributed by atoms with van der Waals surface area (Å²) in [6.45, 7) is -2.77. The van der Waals surface area contributed by atoms with E-state index in [1.54, 1.807) is 4.90 Å². The lowest BCUT2D eigenvalue weighted by Crippen LogP contribution is -2.33. The highest BCUT2D eigenvalue weighted by molar-refractivity contribution is 5.98. The molecule has 7 heteroatoms. The van der Waals surface area contributed by atoms with Crippen LogP contribution in [0.4, 0.5) is 14.5 Å². The van der Waals surface area contributed by atoms with Gasteiger partial charge in [0.25, 0.3) is 5.91 Å². The van der Waals surface area contributed by atoms with Crippen LogP contribution in [0.1, 0.15) is 15.9 Å². The zero-order valence-corrected chi connectivity index (χ0v) is 13.2. The fourth-order valence-corrected chi connectivity index (χ4v) is 2.66. The number of hydrogen-bond acceptors (Lipinski definition) is 4. The number of ether oxygens (including phenoxy) is 2. The van der Waals surface area contributed by atoms with E-state index in [0.717, 1.165) is 17.7 Å². The molecule has 130 valence electrons. The van der Waals surface area contributed by atoms with Crippen LogP contribution in [0.5, 0.6) is 5.75 Å². The number of benzene rings is 2. The molecule has 0 N–H and O–H groups in total. The molecule has 0 saturated heterocycles. The van der Waals surface area contributed by atoms with Gasteiger partial charge >= 0.3 is 12.6 Å². The van der Waals surface area contributed by atoms with Gasteiger partial charge in [-0.2, -0.15) is 8.78 Å². The Labute approximate surface area is 142 Å². The number of esters is 1. The molecular weight excluding hydrogens is 332 g/mol. The first-order chi connectivity index (χ1) is 12.0. The van der Waals surface area contributed by atoms with Crippen LogP contribution >= 0.6 is 0 Å². The second kappa shape index (κ2) is 7.29. The quantitative estimate of drug-likeness (QED) is 0.780. The summed E-state index contributed by atoms with van der Waals surface area (Å²) in [6.07, 6.45) is 0.765. The minimum Gasteiger partial charge on any atom is -0.452 e. The SMILES string of the molecule is O=C(OCC(=O)N1CCc2ccccc21)c1ccc(OC(F)F)cc1. The van der Waals surface area contributed by atoms with Crippen molar-refractivity contribution in [3.63, 3.8) is 0 Å². The predicted octanol–water partition coefficient (Wildman–Crippen LogP) is 3.03. The third-order valence-corrected chi connectivity index (χ3v) is 3.83. The number of rotatable bonds is 5. The Morgan fingerprint density at radius 2 is 1.80 bits per heavy atom. The van der Waals surface area contributed by atoms with Crippen molar-refractivity contribution in [3.8, 4) is 5.75 Å². The smallest absolute Gasteiger partial charge is 0.387 e. The predicted molar refractivity (Wildman–Crippen MR) is 85.9 cm³/mol. The summed E-state index contributed by atoms with van der Waals surface area (Å²) in [5.74, 6) is -1.07. The second-order valence-corrected chi connectivity index (χ2v) is 5.40. The number of hydrogen-bond donors (Lipinski definition) is 0. The summed E-state index contributed by atoms with van der Waals surface area (Å²) in [5, 5.41) is 0. The van der Waals surface area contributed by atoms with Crippen LogP contribution < -0.4 is 9.64 Å². The Kier molecular flexibility index (Phi) is 4.92. The van der Waals surface area contributed by atoms with Gasteiger partial charge < -0.3 is 14.4 Å². The first-order valence-corrected chi connectivity index (χ1v) is 7.65. The molecule has 1 amide bonds. The number of carbonyl (C=O) groups excluding carboxylic acids is 2. The molecule has 0 spiro atoms. The molecule has 5 nitrogen and oxygen atoms in total. The maximum absolute atomic E-state index is 12.3. The van der Waals surface area contributed by atoms with Crippen molar-refractivity contribution in [2.75, 3.05) is 18.1 Å². The van der Waals surface area contributed by atoms with Gasteiger partial charge in [0.2, 0.25) is 0 Å². The number of amides is 1. The Bertz CT molecular complexity index is 777. The fraction of sp³-hybridized carbons (Fsp3) is 0.222. The highest BCUT2D eigenvalue weighted by atomic mass is 19.3. The molecule has 0 radical (unpaired) electrons. The van der Waals surface area contributed by atoms with Gasteiger partial charge in [-0.15, -0.1) is 0 Å². The van der Waals surface area contributed by atoms with E-state index in [0.29, 0.717) is 6.54 Å². The summed E-state index contributed by atoms with van der Waals surface area (Å²) in [6, 6.07) is 12.6. The lowest BCUT2D eigenvalue weighted by Gasteiger charge is -2.17. The van der Waals surface area contributed by atoms with Crippen molar-refractivity contribution in [2.24, 2.45) is 0 Å². The summed E-state index contributed by atoms with van der Waals surface area (Å²) in [7, 11) is 0. The number of halogens is 2. The largest absolute Gasteiger partial charge is 0.452 e. The van der Waals surface area contributed by atoms with Crippen LogP contribution in [0.25, 0.3) is 0 Å². The van der Waals surface area contributed by atoms with Crippen molar-refractivity contribution >= 4 is 17.6 Å². The van der Waals surface area contributed by atoms with Crippen molar-refractivity contribution < 1.29 is 27.8 Å². The molecule has 0 fully saturated rings. The van der Waals surface area contributed by atoms with E-state index in [1.165, 1.54) is 24.3 Å². The standard InChI is InChI=1S/C18H15F2NO4/c19-18(20)25-14-7-5-13(6-8-14)17(23)24-11-16(22)21-10-9-12-3-1-2-4-15(12)21/h1-8,18H,9-11H2. The van der Waals surface area contributed by atoms with Crippen LogP contribution in [0, 0.1) is 0 Å². The zero-order valence-electron chi connectivity index (χ0n) is 13.2. The molecular formula is C18H15F2NO4. The molecule has 0 aromatic heterocycles. The topological polar surface area (TPSA) is 55.8 Å². The normalized spacial score (nSPS) is 12.8. The minimum atomic E-state index is -2.93. The third-order valence-electron chi connectivity index (χ3n) is 3.83. The van der Waals surface area contributed by atoms with Crippen LogP contribution in [0.2, 0.25) is 0 Å². The van der Waals surface area contributed by atoms with E-state index < -0.39 is 12.6 Å². The van der Waals surface area contributed by atoms with Crippen LogP contribution in [0.3, 0.4) is 0 Å². The van der Waals surface area contributed by atoms with Crippen molar-refractivity contribution in [2.45, 2.75) is 13.0 Å². The number of carbonyl (C=O) groups is 2.